The molecule has 0 aliphatic heterocycles. The van der Waals surface area contributed by atoms with Crippen molar-refractivity contribution in [2.45, 2.75) is 40.0 Å². The summed E-state index contributed by atoms with van der Waals surface area (Å²) < 4.78 is 0. The molecule has 1 aromatic rings. The van der Waals surface area contributed by atoms with Crippen molar-refractivity contribution in [3.63, 3.8) is 0 Å². The third-order valence-corrected chi connectivity index (χ3v) is 3.64. The molecule has 0 heterocycles. The van der Waals surface area contributed by atoms with Crippen LogP contribution >= 0.6 is 0 Å². The number of nitrogens with zero attached hydrogens (tertiary/aromatic N) is 1. The van der Waals surface area contributed by atoms with Crippen molar-refractivity contribution in [1.82, 2.24) is 0 Å². The van der Waals surface area contributed by atoms with Gasteiger partial charge >= 0.3 is 0 Å². The van der Waals surface area contributed by atoms with Crippen LogP contribution in [0.25, 0.3) is 0 Å². The molecule has 0 saturated carbocycles. The van der Waals surface area contributed by atoms with Crippen molar-refractivity contribution in [1.29, 1.82) is 0 Å². The Morgan fingerprint density at radius 1 is 1.17 bits per heavy atom. The van der Waals surface area contributed by atoms with E-state index in [-0.39, 0.29) is 12.0 Å². The molecular weight excluding hydrogens is 222 g/mol. The molecule has 0 aromatic heterocycles. The summed E-state index contributed by atoms with van der Waals surface area (Å²) in [5.41, 5.74) is 2.58. The third kappa shape index (κ3) is 4.02. The van der Waals surface area contributed by atoms with Crippen LogP contribution < -0.4 is 4.90 Å². The monoisotopic (exact) mass is 249 g/mol. The molecular formula is C16H27NO. The summed E-state index contributed by atoms with van der Waals surface area (Å²) >= 11 is 0. The fourth-order valence-electron chi connectivity index (χ4n) is 2.46. The average molecular weight is 249 g/mol. The average Bonchev–Trinajstić information content (AvgIpc) is 2.39. The van der Waals surface area contributed by atoms with Gasteiger partial charge < -0.3 is 10.0 Å². The molecule has 1 aromatic carbocycles. The summed E-state index contributed by atoms with van der Waals surface area (Å²) in [6, 6.07) is 8.70. The van der Waals surface area contributed by atoms with Gasteiger partial charge in [-0.3, -0.25) is 0 Å². The summed E-state index contributed by atoms with van der Waals surface area (Å²) in [4.78, 5) is 2.24. The number of rotatable bonds is 7. The van der Waals surface area contributed by atoms with Gasteiger partial charge in [-0.1, -0.05) is 39.3 Å². The lowest BCUT2D eigenvalue weighted by atomic mass is 9.86. The number of benzene rings is 1. The van der Waals surface area contributed by atoms with E-state index in [9.17, 15) is 5.11 Å². The molecule has 0 bridgehead atoms. The highest BCUT2D eigenvalue weighted by Gasteiger charge is 2.24. The van der Waals surface area contributed by atoms with Gasteiger partial charge in [0, 0.05) is 24.7 Å². The fraction of sp³-hybridized carbons (Fsp3) is 0.625. The molecule has 1 N–H and O–H groups in total. The minimum absolute atomic E-state index is 0.00702. The highest BCUT2D eigenvalue weighted by Crippen LogP contribution is 2.26. The lowest BCUT2D eigenvalue weighted by Gasteiger charge is -2.33. The van der Waals surface area contributed by atoms with Crippen LogP contribution in [-0.2, 0) is 6.42 Å². The van der Waals surface area contributed by atoms with Crippen molar-refractivity contribution in [2.24, 2.45) is 5.41 Å². The van der Waals surface area contributed by atoms with Crippen LogP contribution in [-0.4, -0.2) is 25.3 Å². The van der Waals surface area contributed by atoms with E-state index in [1.165, 1.54) is 11.3 Å². The Morgan fingerprint density at radius 2 is 1.78 bits per heavy atom. The molecule has 0 radical (unpaired) electrons. The molecule has 18 heavy (non-hydrogen) atoms. The van der Waals surface area contributed by atoms with Crippen LogP contribution in [0.1, 0.15) is 39.2 Å². The zero-order valence-corrected chi connectivity index (χ0v) is 12.2. The predicted molar refractivity (Wildman–Crippen MR) is 79.2 cm³/mol. The summed E-state index contributed by atoms with van der Waals surface area (Å²) in [5.74, 6) is 0. The first-order valence-electron chi connectivity index (χ1n) is 6.95. The van der Waals surface area contributed by atoms with Crippen LogP contribution in [0.3, 0.4) is 0 Å². The molecule has 0 fully saturated rings. The van der Waals surface area contributed by atoms with Crippen LogP contribution in [0.2, 0.25) is 0 Å². The molecule has 0 aliphatic rings. The van der Waals surface area contributed by atoms with Gasteiger partial charge in [-0.25, -0.2) is 0 Å². The molecule has 2 heteroatoms. The van der Waals surface area contributed by atoms with Gasteiger partial charge in [0.25, 0.3) is 0 Å². The lowest BCUT2D eigenvalue weighted by molar-refractivity contribution is 0.138. The Morgan fingerprint density at radius 3 is 2.22 bits per heavy atom. The number of aliphatic hydroxyl groups is 1. The highest BCUT2D eigenvalue weighted by atomic mass is 16.3. The maximum absolute atomic E-state index is 9.57. The fourth-order valence-corrected chi connectivity index (χ4v) is 2.46. The van der Waals surface area contributed by atoms with Crippen LogP contribution in [0.4, 0.5) is 5.69 Å². The Bertz CT molecular complexity index is 347. The van der Waals surface area contributed by atoms with E-state index in [4.69, 9.17) is 0 Å². The summed E-state index contributed by atoms with van der Waals surface area (Å²) in [6.45, 7) is 7.64. The molecule has 0 amide bonds. The molecule has 1 atom stereocenters. The zero-order chi connectivity index (χ0) is 13.6. The summed E-state index contributed by atoms with van der Waals surface area (Å²) in [7, 11) is 2.10. The first kappa shape index (κ1) is 15.0. The Balaban J connectivity index is 2.70. The normalized spacial score (nSPS) is 14.3. The van der Waals surface area contributed by atoms with Gasteiger partial charge in [-0.05, 0) is 30.5 Å². The van der Waals surface area contributed by atoms with E-state index in [2.05, 4.69) is 57.0 Å². The number of aliphatic hydroxyl groups excluding tert-OH is 1. The van der Waals surface area contributed by atoms with Gasteiger partial charge in [-0.2, -0.15) is 0 Å². The molecule has 0 saturated heterocycles. The van der Waals surface area contributed by atoms with Crippen LogP contribution in [0, 0.1) is 5.41 Å². The Hall–Kier alpha value is -1.02. The SMILES string of the molecule is CCCC(C)(CO)CN(C)c1ccc(CC)cc1. The Labute approximate surface area is 112 Å². The standard InChI is InChI=1S/C16H27NO/c1-5-11-16(3,13-18)12-17(4)15-9-7-14(6-2)8-10-15/h7-10,18H,5-6,11-13H2,1-4H3. The molecule has 102 valence electrons. The molecule has 1 rings (SSSR count). The minimum Gasteiger partial charge on any atom is -0.396 e. The number of anilines is 1. The number of aryl methyl sites for hydroxylation is 1. The first-order chi connectivity index (χ1) is 8.54. The van der Waals surface area contributed by atoms with Gasteiger partial charge in [0.2, 0.25) is 0 Å². The van der Waals surface area contributed by atoms with E-state index in [0.29, 0.717) is 0 Å². The number of hydrogen-bond acceptors (Lipinski definition) is 2. The van der Waals surface area contributed by atoms with Crippen LogP contribution in [0.5, 0.6) is 0 Å². The van der Waals surface area contributed by atoms with E-state index in [1.807, 2.05) is 0 Å². The van der Waals surface area contributed by atoms with Gasteiger partial charge in [0.15, 0.2) is 0 Å². The summed E-state index contributed by atoms with van der Waals surface area (Å²) in [6.07, 6.45) is 3.24. The summed E-state index contributed by atoms with van der Waals surface area (Å²) in [5, 5.41) is 9.57. The van der Waals surface area contributed by atoms with Gasteiger partial charge in [-0.15, -0.1) is 0 Å². The van der Waals surface area contributed by atoms with Crippen molar-refractivity contribution in [3.05, 3.63) is 29.8 Å². The predicted octanol–water partition coefficient (Wildman–Crippen LogP) is 3.48. The minimum atomic E-state index is -0.00702. The van der Waals surface area contributed by atoms with E-state index in [1.54, 1.807) is 0 Å². The quantitative estimate of drug-likeness (QED) is 0.799. The van der Waals surface area contributed by atoms with E-state index in [0.717, 1.165) is 25.8 Å². The molecule has 1 unspecified atom stereocenters. The second-order valence-electron chi connectivity index (χ2n) is 5.59. The number of hydrogen-bond donors (Lipinski definition) is 1. The van der Waals surface area contributed by atoms with Gasteiger partial charge in [0.1, 0.15) is 0 Å². The smallest absolute Gasteiger partial charge is 0.0501 e. The highest BCUT2D eigenvalue weighted by molar-refractivity contribution is 5.47. The van der Waals surface area contributed by atoms with Crippen molar-refractivity contribution >= 4 is 5.69 Å². The zero-order valence-electron chi connectivity index (χ0n) is 12.2. The van der Waals surface area contributed by atoms with E-state index < -0.39 is 0 Å². The Kier molecular flexibility index (Phi) is 5.67. The lowest BCUT2D eigenvalue weighted by Crippen LogP contribution is -2.36. The second kappa shape index (κ2) is 6.79. The second-order valence-corrected chi connectivity index (χ2v) is 5.59. The van der Waals surface area contributed by atoms with Crippen LogP contribution in [0.15, 0.2) is 24.3 Å². The van der Waals surface area contributed by atoms with E-state index >= 15 is 0 Å². The first-order valence-corrected chi connectivity index (χ1v) is 6.95. The van der Waals surface area contributed by atoms with Gasteiger partial charge in [0.05, 0.1) is 6.61 Å². The molecule has 0 spiro atoms. The van der Waals surface area contributed by atoms with Crippen molar-refractivity contribution in [2.75, 3.05) is 25.1 Å². The maximum atomic E-state index is 9.57. The largest absolute Gasteiger partial charge is 0.396 e. The van der Waals surface area contributed by atoms with Crippen molar-refractivity contribution in [3.8, 4) is 0 Å². The van der Waals surface area contributed by atoms with Crippen molar-refractivity contribution < 1.29 is 5.11 Å². The topological polar surface area (TPSA) is 23.5 Å². The third-order valence-electron chi connectivity index (χ3n) is 3.64. The maximum Gasteiger partial charge on any atom is 0.0501 e. The molecule has 0 aliphatic carbocycles. The molecule has 2 nitrogen and oxygen atoms in total.